The van der Waals surface area contributed by atoms with Crippen LogP contribution in [0.25, 0.3) is 22.2 Å². The monoisotopic (exact) mass is 409 g/mol. The van der Waals surface area contributed by atoms with Crippen molar-refractivity contribution in [3.8, 4) is 11.3 Å². The van der Waals surface area contributed by atoms with E-state index in [1.807, 2.05) is 45.9 Å². The van der Waals surface area contributed by atoms with Gasteiger partial charge in [0.15, 0.2) is 0 Å². The lowest BCUT2D eigenvalue weighted by molar-refractivity contribution is 0.0958. The molecule has 8 heteroatoms. The number of benzene rings is 1. The molecule has 0 aliphatic carbocycles. The van der Waals surface area contributed by atoms with Crippen LogP contribution < -0.4 is 16.2 Å². The zero-order valence-electron chi connectivity index (χ0n) is 17.9. The summed E-state index contributed by atoms with van der Waals surface area (Å²) in [5, 5.41) is 6.76. The second-order valence-electron chi connectivity index (χ2n) is 8.67. The fraction of sp³-hybridized carbons (Fsp3) is 0.409. The molecule has 1 atom stereocenters. The van der Waals surface area contributed by atoms with Gasteiger partial charge in [0, 0.05) is 23.9 Å². The molecule has 0 saturated heterocycles. The molecule has 0 bridgehead atoms. The highest BCUT2D eigenvalue weighted by atomic mass is 16.5. The maximum atomic E-state index is 13.3. The normalized spacial score (nSPS) is 16.0. The highest BCUT2D eigenvalue weighted by Crippen LogP contribution is 2.32. The maximum Gasteiger partial charge on any atom is 0.262 e. The summed E-state index contributed by atoms with van der Waals surface area (Å²) in [5.74, 6) is 0.403. The molecule has 1 aromatic carbocycles. The summed E-state index contributed by atoms with van der Waals surface area (Å²) in [4.78, 5) is 33.7. The maximum absolute atomic E-state index is 13.3. The fourth-order valence-corrected chi connectivity index (χ4v) is 3.77. The molecule has 0 spiro atoms. The minimum Gasteiger partial charge on any atom is -0.383 e. The molecule has 0 radical (unpaired) electrons. The lowest BCUT2D eigenvalue weighted by Gasteiger charge is -2.24. The second kappa shape index (κ2) is 7.28. The molecule has 0 fully saturated rings. The zero-order chi connectivity index (χ0) is 21.6. The summed E-state index contributed by atoms with van der Waals surface area (Å²) in [6, 6.07) is 7.29. The van der Waals surface area contributed by atoms with Crippen LogP contribution in [0.2, 0.25) is 0 Å². The van der Waals surface area contributed by atoms with Crippen LogP contribution in [-0.4, -0.2) is 39.7 Å². The van der Waals surface area contributed by atoms with Gasteiger partial charge in [0.1, 0.15) is 0 Å². The van der Waals surface area contributed by atoms with Crippen molar-refractivity contribution in [2.24, 2.45) is 0 Å². The SMILES string of the molecule is COCCn1c(NC(C)(C)C)nc2c(-c3cc4c([nH]3)[C@@H](C)NC4=O)cccc2c1=O. The van der Waals surface area contributed by atoms with Gasteiger partial charge < -0.3 is 20.4 Å². The third-order valence-corrected chi connectivity index (χ3v) is 5.15. The number of aromatic amines is 1. The Morgan fingerprint density at radius 3 is 2.67 bits per heavy atom. The van der Waals surface area contributed by atoms with Gasteiger partial charge in [-0.2, -0.15) is 0 Å². The van der Waals surface area contributed by atoms with Gasteiger partial charge in [-0.05, 0) is 39.8 Å². The number of hydrogen-bond acceptors (Lipinski definition) is 5. The predicted molar refractivity (Wildman–Crippen MR) is 117 cm³/mol. The van der Waals surface area contributed by atoms with E-state index in [4.69, 9.17) is 9.72 Å². The molecule has 1 aliphatic heterocycles. The van der Waals surface area contributed by atoms with E-state index in [0.29, 0.717) is 35.6 Å². The molecule has 8 nitrogen and oxygen atoms in total. The number of rotatable bonds is 5. The number of amides is 1. The average Bonchev–Trinajstić information content (AvgIpc) is 3.21. The van der Waals surface area contributed by atoms with Crippen LogP contribution in [0.1, 0.15) is 49.8 Å². The smallest absolute Gasteiger partial charge is 0.262 e. The minimum absolute atomic E-state index is 0.0754. The van der Waals surface area contributed by atoms with Crippen molar-refractivity contribution in [3.05, 3.63) is 45.9 Å². The minimum atomic E-state index is -0.280. The van der Waals surface area contributed by atoms with Crippen LogP contribution in [0.5, 0.6) is 0 Å². The predicted octanol–water partition coefficient (Wildman–Crippen LogP) is 3.05. The number of aromatic nitrogens is 3. The largest absolute Gasteiger partial charge is 0.383 e. The highest BCUT2D eigenvalue weighted by molar-refractivity contribution is 6.01. The van der Waals surface area contributed by atoms with Crippen molar-refractivity contribution >= 4 is 22.8 Å². The van der Waals surface area contributed by atoms with Crippen molar-refractivity contribution in [1.82, 2.24) is 19.9 Å². The van der Waals surface area contributed by atoms with Gasteiger partial charge in [0.05, 0.1) is 41.4 Å². The molecule has 0 saturated carbocycles. The number of ether oxygens (including phenoxy) is 1. The zero-order valence-corrected chi connectivity index (χ0v) is 17.9. The van der Waals surface area contributed by atoms with Gasteiger partial charge in [-0.25, -0.2) is 4.98 Å². The van der Waals surface area contributed by atoms with E-state index in [0.717, 1.165) is 17.0 Å². The Bertz CT molecular complexity index is 1190. The van der Waals surface area contributed by atoms with Gasteiger partial charge in [-0.15, -0.1) is 0 Å². The van der Waals surface area contributed by atoms with Crippen LogP contribution in [0.15, 0.2) is 29.1 Å². The van der Waals surface area contributed by atoms with Crippen molar-refractivity contribution in [1.29, 1.82) is 0 Å². The summed E-state index contributed by atoms with van der Waals surface area (Å²) in [5.41, 5.74) is 3.24. The topological polar surface area (TPSA) is 101 Å². The quantitative estimate of drug-likeness (QED) is 0.601. The van der Waals surface area contributed by atoms with Gasteiger partial charge in [-0.3, -0.25) is 14.2 Å². The van der Waals surface area contributed by atoms with Crippen molar-refractivity contribution in [2.45, 2.75) is 45.8 Å². The van der Waals surface area contributed by atoms with Gasteiger partial charge >= 0.3 is 0 Å². The summed E-state index contributed by atoms with van der Waals surface area (Å²) in [7, 11) is 1.61. The second-order valence-corrected chi connectivity index (χ2v) is 8.67. The number of carbonyl (C=O) groups excluding carboxylic acids is 1. The molecule has 3 heterocycles. The molecule has 4 rings (SSSR count). The number of methoxy groups -OCH3 is 1. The number of nitrogens with one attached hydrogen (secondary N) is 3. The first-order chi connectivity index (χ1) is 14.2. The number of anilines is 1. The van der Waals surface area contributed by atoms with Crippen LogP contribution in [-0.2, 0) is 11.3 Å². The Morgan fingerprint density at radius 1 is 1.23 bits per heavy atom. The van der Waals surface area contributed by atoms with E-state index in [2.05, 4.69) is 15.6 Å². The summed E-state index contributed by atoms with van der Waals surface area (Å²) < 4.78 is 6.80. The molecule has 1 aliphatic rings. The average molecular weight is 409 g/mol. The number of carbonyl (C=O) groups is 1. The third kappa shape index (κ3) is 3.47. The summed E-state index contributed by atoms with van der Waals surface area (Å²) in [6.07, 6.45) is 0. The lowest BCUT2D eigenvalue weighted by Crippen LogP contribution is -2.34. The van der Waals surface area contributed by atoms with Gasteiger partial charge in [-0.1, -0.05) is 12.1 Å². The third-order valence-electron chi connectivity index (χ3n) is 5.15. The van der Waals surface area contributed by atoms with Crippen molar-refractivity contribution in [2.75, 3.05) is 19.0 Å². The molecular weight excluding hydrogens is 382 g/mol. The van der Waals surface area contributed by atoms with E-state index >= 15 is 0 Å². The number of nitrogens with zero attached hydrogens (tertiary/aromatic N) is 2. The Balaban J connectivity index is 1.93. The van der Waals surface area contributed by atoms with E-state index in [1.54, 1.807) is 17.7 Å². The molecular formula is C22H27N5O3. The molecule has 3 aromatic rings. The Hall–Kier alpha value is -3.13. The van der Waals surface area contributed by atoms with E-state index in [9.17, 15) is 9.59 Å². The van der Waals surface area contributed by atoms with Gasteiger partial charge in [0.2, 0.25) is 5.95 Å². The van der Waals surface area contributed by atoms with Gasteiger partial charge in [0.25, 0.3) is 11.5 Å². The molecule has 30 heavy (non-hydrogen) atoms. The van der Waals surface area contributed by atoms with Crippen molar-refractivity contribution < 1.29 is 9.53 Å². The number of fused-ring (bicyclic) bond motifs is 2. The Morgan fingerprint density at radius 2 is 2.00 bits per heavy atom. The number of hydrogen-bond donors (Lipinski definition) is 3. The fourth-order valence-electron chi connectivity index (χ4n) is 3.77. The molecule has 2 aromatic heterocycles. The first-order valence-corrected chi connectivity index (χ1v) is 10.0. The Labute approximate surface area is 174 Å². The van der Waals surface area contributed by atoms with Crippen LogP contribution in [0, 0.1) is 0 Å². The standard InChI is InChI=1S/C22H27N5O3/c1-12-17-15(19(28)23-12)11-16(24-17)13-7-6-8-14-18(13)25-21(26-22(2,3)4)27(20(14)29)9-10-30-5/h6-8,11-12,24H,9-10H2,1-5H3,(H,23,28)(H,25,26)/t12-/m1/s1. The Kier molecular flexibility index (Phi) is 4.89. The summed E-state index contributed by atoms with van der Waals surface area (Å²) in [6.45, 7) is 8.80. The van der Waals surface area contributed by atoms with E-state index < -0.39 is 0 Å². The molecule has 3 N–H and O–H groups in total. The van der Waals surface area contributed by atoms with Crippen molar-refractivity contribution in [3.63, 3.8) is 0 Å². The molecule has 0 unspecified atom stereocenters. The summed E-state index contributed by atoms with van der Waals surface area (Å²) >= 11 is 0. The highest BCUT2D eigenvalue weighted by Gasteiger charge is 2.29. The first kappa shape index (κ1) is 20.2. The number of para-hydroxylation sites is 1. The molecule has 158 valence electrons. The van der Waals surface area contributed by atoms with Crippen LogP contribution in [0.4, 0.5) is 5.95 Å². The van der Waals surface area contributed by atoms with Crippen LogP contribution >= 0.6 is 0 Å². The van der Waals surface area contributed by atoms with Crippen LogP contribution in [0.3, 0.4) is 0 Å². The molecule has 1 amide bonds. The number of H-pyrrole nitrogens is 1. The van der Waals surface area contributed by atoms with E-state index in [-0.39, 0.29) is 23.0 Å². The van der Waals surface area contributed by atoms with E-state index in [1.165, 1.54) is 0 Å². The first-order valence-electron chi connectivity index (χ1n) is 10.0. The lowest BCUT2D eigenvalue weighted by atomic mass is 10.1.